The predicted octanol–water partition coefficient (Wildman–Crippen LogP) is 1.87. The third kappa shape index (κ3) is 6.02. The van der Waals surface area contributed by atoms with Gasteiger partial charge in [-0.1, -0.05) is 43.3 Å². The molecule has 7 nitrogen and oxygen atoms in total. The molecule has 0 aliphatic heterocycles. The highest BCUT2D eigenvalue weighted by atomic mass is 16.5. The fourth-order valence-corrected chi connectivity index (χ4v) is 2.18. The molecule has 2 rings (SSSR count). The van der Waals surface area contributed by atoms with Crippen LogP contribution in [0, 0.1) is 0 Å². The van der Waals surface area contributed by atoms with E-state index in [-0.39, 0.29) is 24.8 Å². The van der Waals surface area contributed by atoms with Crippen LogP contribution in [0.5, 0.6) is 0 Å². The number of carbonyl (C=O) groups excluding carboxylic acids is 2. The second kappa shape index (κ2) is 9.56. The summed E-state index contributed by atoms with van der Waals surface area (Å²) in [6, 6.07) is 7.97. The molecule has 0 saturated carbocycles. The van der Waals surface area contributed by atoms with Crippen molar-refractivity contribution in [2.24, 2.45) is 0 Å². The Hall–Kier alpha value is -2.70. The fraction of sp³-hybridized carbons (Fsp3) is 0.444. The molecule has 2 N–H and O–H groups in total. The molecule has 0 spiro atoms. The molecule has 134 valence electrons. The van der Waals surface area contributed by atoms with Crippen molar-refractivity contribution in [3.63, 3.8) is 0 Å². The third-order valence-electron chi connectivity index (χ3n) is 3.67. The highest BCUT2D eigenvalue weighted by molar-refractivity contribution is 5.84. The molecule has 2 aromatic rings. The first-order chi connectivity index (χ1) is 12.1. The van der Waals surface area contributed by atoms with Gasteiger partial charge in [0.2, 0.25) is 23.5 Å². The molecule has 0 fully saturated rings. The lowest BCUT2D eigenvalue weighted by Gasteiger charge is -2.04. The highest BCUT2D eigenvalue weighted by Gasteiger charge is 2.11. The number of hydrogen-bond donors (Lipinski definition) is 2. The van der Waals surface area contributed by atoms with Crippen molar-refractivity contribution in [1.82, 2.24) is 20.8 Å². The molecule has 7 heteroatoms. The van der Waals surface area contributed by atoms with E-state index in [1.54, 1.807) is 0 Å². The van der Waals surface area contributed by atoms with Crippen molar-refractivity contribution >= 4 is 11.8 Å². The van der Waals surface area contributed by atoms with Gasteiger partial charge in [0.05, 0.1) is 6.54 Å². The molecule has 0 radical (unpaired) electrons. The second-order valence-electron chi connectivity index (χ2n) is 5.69. The molecule has 1 aromatic heterocycles. The summed E-state index contributed by atoms with van der Waals surface area (Å²) in [4.78, 5) is 27.5. The minimum Gasteiger partial charge on any atom is -0.355 e. The fourth-order valence-electron chi connectivity index (χ4n) is 2.18. The molecule has 0 unspecified atom stereocenters. The molecule has 0 saturated heterocycles. The zero-order valence-corrected chi connectivity index (χ0v) is 14.7. The van der Waals surface area contributed by atoms with E-state index in [4.69, 9.17) is 4.52 Å². The van der Waals surface area contributed by atoms with E-state index in [1.807, 2.05) is 31.2 Å². The van der Waals surface area contributed by atoms with Crippen LogP contribution < -0.4 is 10.6 Å². The zero-order chi connectivity index (χ0) is 18.1. The molecule has 1 heterocycles. The Balaban J connectivity index is 1.78. The van der Waals surface area contributed by atoms with E-state index in [0.717, 1.165) is 18.4 Å². The highest BCUT2D eigenvalue weighted by Crippen LogP contribution is 2.17. The van der Waals surface area contributed by atoms with Gasteiger partial charge in [-0.15, -0.1) is 0 Å². The van der Waals surface area contributed by atoms with Gasteiger partial charge in [-0.3, -0.25) is 9.59 Å². The first-order valence-electron chi connectivity index (χ1n) is 8.57. The first-order valence-corrected chi connectivity index (χ1v) is 8.57. The van der Waals surface area contributed by atoms with Crippen LogP contribution in [0.1, 0.15) is 38.1 Å². The topological polar surface area (TPSA) is 97.1 Å². The number of rotatable bonds is 9. The van der Waals surface area contributed by atoms with Crippen LogP contribution in [0.2, 0.25) is 0 Å². The lowest BCUT2D eigenvalue weighted by atomic mass is 10.1. The number of nitrogens with one attached hydrogen (secondary N) is 2. The van der Waals surface area contributed by atoms with Crippen LogP contribution in [-0.4, -0.2) is 35.0 Å². The average Bonchev–Trinajstić information content (AvgIpc) is 3.12. The van der Waals surface area contributed by atoms with Crippen LogP contribution in [0.4, 0.5) is 0 Å². The minimum atomic E-state index is -0.223. The van der Waals surface area contributed by atoms with Crippen molar-refractivity contribution in [1.29, 1.82) is 0 Å². The average molecular weight is 344 g/mol. The van der Waals surface area contributed by atoms with Gasteiger partial charge in [-0.2, -0.15) is 4.98 Å². The van der Waals surface area contributed by atoms with Gasteiger partial charge < -0.3 is 15.2 Å². The molecule has 25 heavy (non-hydrogen) atoms. The number of aryl methyl sites for hydroxylation is 2. The summed E-state index contributed by atoms with van der Waals surface area (Å²) in [6.07, 6.45) is 2.36. The summed E-state index contributed by atoms with van der Waals surface area (Å²) in [6.45, 7) is 4.66. The molecule has 0 aliphatic carbocycles. The van der Waals surface area contributed by atoms with Gasteiger partial charge in [0.25, 0.3) is 0 Å². The SMILES string of the molecule is CCCNC(=O)CNC(=O)CCc1nc(-c2ccc(CC)cc2)no1. The summed E-state index contributed by atoms with van der Waals surface area (Å²) >= 11 is 0. The third-order valence-corrected chi connectivity index (χ3v) is 3.67. The smallest absolute Gasteiger partial charge is 0.239 e. The maximum absolute atomic E-state index is 11.8. The molecule has 0 atom stereocenters. The quantitative estimate of drug-likeness (QED) is 0.724. The van der Waals surface area contributed by atoms with Gasteiger partial charge in [-0.25, -0.2) is 0 Å². The normalized spacial score (nSPS) is 10.5. The molecule has 0 aliphatic rings. The first kappa shape index (κ1) is 18.6. The zero-order valence-electron chi connectivity index (χ0n) is 14.7. The lowest BCUT2D eigenvalue weighted by Crippen LogP contribution is -2.37. The Bertz CT molecular complexity index is 695. The number of amides is 2. The largest absolute Gasteiger partial charge is 0.355 e. The van der Waals surface area contributed by atoms with Gasteiger partial charge in [-0.05, 0) is 18.4 Å². The van der Waals surface area contributed by atoms with Gasteiger partial charge in [0, 0.05) is 24.9 Å². The van der Waals surface area contributed by atoms with Crippen molar-refractivity contribution in [2.45, 2.75) is 39.5 Å². The Labute approximate surface area is 147 Å². The van der Waals surface area contributed by atoms with E-state index in [2.05, 4.69) is 27.7 Å². The number of aromatic nitrogens is 2. The van der Waals surface area contributed by atoms with Crippen molar-refractivity contribution in [2.75, 3.05) is 13.1 Å². The predicted molar refractivity (Wildman–Crippen MR) is 93.7 cm³/mol. The Kier molecular flexibility index (Phi) is 7.13. The van der Waals surface area contributed by atoms with E-state index in [9.17, 15) is 9.59 Å². The number of carbonyl (C=O) groups is 2. The number of hydrogen-bond acceptors (Lipinski definition) is 5. The molecular formula is C18H24N4O3. The van der Waals surface area contributed by atoms with Crippen molar-refractivity contribution in [3.05, 3.63) is 35.7 Å². The van der Waals surface area contributed by atoms with E-state index in [1.165, 1.54) is 5.56 Å². The standard InChI is InChI=1S/C18H24N4O3/c1-3-11-19-16(24)12-20-15(23)9-10-17-21-18(22-25-17)14-7-5-13(4-2)6-8-14/h5-8H,3-4,9-12H2,1-2H3,(H,19,24)(H,20,23). The summed E-state index contributed by atoms with van der Waals surface area (Å²) in [5, 5.41) is 9.21. The van der Waals surface area contributed by atoms with Crippen LogP contribution in [-0.2, 0) is 22.4 Å². The Morgan fingerprint density at radius 3 is 2.52 bits per heavy atom. The second-order valence-corrected chi connectivity index (χ2v) is 5.69. The van der Waals surface area contributed by atoms with E-state index < -0.39 is 0 Å². The Morgan fingerprint density at radius 2 is 1.84 bits per heavy atom. The summed E-state index contributed by atoms with van der Waals surface area (Å²) in [5.74, 6) is 0.502. The summed E-state index contributed by atoms with van der Waals surface area (Å²) in [7, 11) is 0. The molecular weight excluding hydrogens is 320 g/mol. The molecule has 0 bridgehead atoms. The minimum absolute atomic E-state index is 0.0162. The van der Waals surface area contributed by atoms with Crippen LogP contribution in [0.15, 0.2) is 28.8 Å². The lowest BCUT2D eigenvalue weighted by molar-refractivity contribution is -0.126. The summed E-state index contributed by atoms with van der Waals surface area (Å²) < 4.78 is 5.18. The van der Waals surface area contributed by atoms with Gasteiger partial charge >= 0.3 is 0 Å². The number of nitrogens with zero attached hydrogens (tertiary/aromatic N) is 2. The monoisotopic (exact) mass is 344 g/mol. The summed E-state index contributed by atoms with van der Waals surface area (Å²) in [5.41, 5.74) is 2.12. The van der Waals surface area contributed by atoms with Crippen LogP contribution >= 0.6 is 0 Å². The van der Waals surface area contributed by atoms with Gasteiger partial charge in [0.15, 0.2) is 0 Å². The van der Waals surface area contributed by atoms with E-state index >= 15 is 0 Å². The van der Waals surface area contributed by atoms with Gasteiger partial charge in [0.1, 0.15) is 0 Å². The maximum atomic E-state index is 11.8. The van der Waals surface area contributed by atoms with Crippen LogP contribution in [0.3, 0.4) is 0 Å². The molecule has 1 aromatic carbocycles. The van der Waals surface area contributed by atoms with E-state index in [0.29, 0.717) is 24.7 Å². The maximum Gasteiger partial charge on any atom is 0.239 e. The van der Waals surface area contributed by atoms with Crippen molar-refractivity contribution < 1.29 is 14.1 Å². The van der Waals surface area contributed by atoms with Crippen LogP contribution in [0.25, 0.3) is 11.4 Å². The van der Waals surface area contributed by atoms with Crippen molar-refractivity contribution in [3.8, 4) is 11.4 Å². The Morgan fingerprint density at radius 1 is 1.08 bits per heavy atom. The number of benzene rings is 1. The molecule has 2 amide bonds.